The molecule has 2 N–H and O–H groups in total. The van der Waals surface area contributed by atoms with Crippen molar-refractivity contribution in [3.05, 3.63) is 29.6 Å². The number of piperidine rings is 1. The SMILES string of the molecule is Cc1cccnc1C(=O)N1CCC(CN)CC1.Cl.Cl. The summed E-state index contributed by atoms with van der Waals surface area (Å²) in [4.78, 5) is 18.3. The number of nitrogens with two attached hydrogens (primary N) is 1. The van der Waals surface area contributed by atoms with Crippen molar-refractivity contribution in [2.24, 2.45) is 11.7 Å². The number of carbonyl (C=O) groups is 1. The first-order chi connectivity index (χ1) is 8.22. The Morgan fingerprint density at radius 1 is 1.42 bits per heavy atom. The van der Waals surface area contributed by atoms with E-state index in [1.54, 1.807) is 6.20 Å². The number of rotatable bonds is 2. The fraction of sp³-hybridized carbons (Fsp3) is 0.538. The molecule has 0 unspecified atom stereocenters. The number of aromatic nitrogens is 1. The summed E-state index contributed by atoms with van der Waals surface area (Å²) in [5.41, 5.74) is 7.17. The zero-order chi connectivity index (χ0) is 12.3. The third-order valence-corrected chi connectivity index (χ3v) is 3.45. The number of carbonyl (C=O) groups excluding carboxylic acids is 1. The van der Waals surface area contributed by atoms with Gasteiger partial charge in [0.05, 0.1) is 0 Å². The predicted molar refractivity (Wildman–Crippen MR) is 81.2 cm³/mol. The molecule has 108 valence electrons. The minimum absolute atomic E-state index is 0. The van der Waals surface area contributed by atoms with Crippen LogP contribution in [-0.2, 0) is 0 Å². The summed E-state index contributed by atoms with van der Waals surface area (Å²) in [5.74, 6) is 0.627. The fourth-order valence-electron chi connectivity index (χ4n) is 2.23. The Labute approximate surface area is 126 Å². The molecule has 2 rings (SSSR count). The molecule has 2 heterocycles. The van der Waals surface area contributed by atoms with Gasteiger partial charge in [-0.1, -0.05) is 6.07 Å². The molecule has 19 heavy (non-hydrogen) atoms. The molecule has 1 aliphatic heterocycles. The summed E-state index contributed by atoms with van der Waals surface area (Å²) < 4.78 is 0. The molecule has 1 saturated heterocycles. The first-order valence-corrected chi connectivity index (χ1v) is 6.13. The molecule has 1 aliphatic rings. The van der Waals surface area contributed by atoms with Crippen molar-refractivity contribution in [2.45, 2.75) is 19.8 Å². The van der Waals surface area contributed by atoms with E-state index < -0.39 is 0 Å². The maximum absolute atomic E-state index is 12.2. The number of hydrogen-bond donors (Lipinski definition) is 1. The molecule has 4 nitrogen and oxygen atoms in total. The number of nitrogens with zero attached hydrogens (tertiary/aromatic N) is 2. The minimum atomic E-state index is 0. The van der Waals surface area contributed by atoms with Gasteiger partial charge in [0.25, 0.3) is 5.91 Å². The van der Waals surface area contributed by atoms with Crippen LogP contribution in [0.5, 0.6) is 0 Å². The molecule has 0 aliphatic carbocycles. The van der Waals surface area contributed by atoms with Gasteiger partial charge in [0.15, 0.2) is 0 Å². The van der Waals surface area contributed by atoms with E-state index in [9.17, 15) is 4.79 Å². The topological polar surface area (TPSA) is 59.2 Å². The lowest BCUT2D eigenvalue weighted by Gasteiger charge is -2.31. The molecule has 0 radical (unpaired) electrons. The van der Waals surface area contributed by atoms with Crippen molar-refractivity contribution in [3.8, 4) is 0 Å². The summed E-state index contributed by atoms with van der Waals surface area (Å²) in [6.45, 7) is 4.25. The molecule has 0 spiro atoms. The van der Waals surface area contributed by atoms with Crippen molar-refractivity contribution >= 4 is 30.7 Å². The molecular formula is C13H21Cl2N3O. The number of pyridine rings is 1. The van der Waals surface area contributed by atoms with Crippen LogP contribution in [-0.4, -0.2) is 35.4 Å². The first kappa shape index (κ1) is 18.2. The highest BCUT2D eigenvalue weighted by Crippen LogP contribution is 2.18. The number of likely N-dealkylation sites (tertiary alicyclic amines) is 1. The fourth-order valence-corrected chi connectivity index (χ4v) is 2.23. The average Bonchev–Trinajstić information content (AvgIpc) is 2.39. The van der Waals surface area contributed by atoms with E-state index in [2.05, 4.69) is 4.98 Å². The monoisotopic (exact) mass is 305 g/mol. The second-order valence-corrected chi connectivity index (χ2v) is 4.64. The maximum atomic E-state index is 12.2. The van der Waals surface area contributed by atoms with Crippen LogP contribution in [0.15, 0.2) is 18.3 Å². The number of hydrogen-bond acceptors (Lipinski definition) is 3. The highest BCUT2D eigenvalue weighted by Gasteiger charge is 2.24. The lowest BCUT2D eigenvalue weighted by atomic mass is 9.97. The van der Waals surface area contributed by atoms with Gasteiger partial charge in [0.1, 0.15) is 5.69 Å². The van der Waals surface area contributed by atoms with Crippen LogP contribution in [0.2, 0.25) is 0 Å². The van der Waals surface area contributed by atoms with Crippen molar-refractivity contribution in [1.82, 2.24) is 9.88 Å². The van der Waals surface area contributed by atoms with Crippen molar-refractivity contribution < 1.29 is 4.79 Å². The van der Waals surface area contributed by atoms with Gasteiger partial charge in [-0.25, -0.2) is 0 Å². The van der Waals surface area contributed by atoms with Crippen molar-refractivity contribution in [2.75, 3.05) is 19.6 Å². The zero-order valence-electron chi connectivity index (χ0n) is 11.0. The van der Waals surface area contributed by atoms with Crippen molar-refractivity contribution in [3.63, 3.8) is 0 Å². The van der Waals surface area contributed by atoms with E-state index in [1.165, 1.54) is 0 Å². The van der Waals surface area contributed by atoms with Gasteiger partial charge in [-0.05, 0) is 43.9 Å². The molecule has 1 aromatic rings. The lowest BCUT2D eigenvalue weighted by Crippen LogP contribution is -2.40. The molecule has 6 heteroatoms. The van der Waals surface area contributed by atoms with Crippen LogP contribution in [0, 0.1) is 12.8 Å². The summed E-state index contributed by atoms with van der Waals surface area (Å²) in [6.07, 6.45) is 3.69. The van der Waals surface area contributed by atoms with E-state index >= 15 is 0 Å². The normalized spacial score (nSPS) is 15.4. The zero-order valence-corrected chi connectivity index (χ0v) is 12.7. The van der Waals surface area contributed by atoms with Crippen molar-refractivity contribution in [1.29, 1.82) is 0 Å². The van der Waals surface area contributed by atoms with Gasteiger partial charge in [0.2, 0.25) is 0 Å². The van der Waals surface area contributed by atoms with E-state index in [1.807, 2.05) is 24.0 Å². The molecule has 0 atom stereocenters. The van der Waals surface area contributed by atoms with E-state index in [-0.39, 0.29) is 30.7 Å². The molecule has 1 amide bonds. The molecule has 0 aromatic carbocycles. The van der Waals surface area contributed by atoms with Gasteiger partial charge in [-0.15, -0.1) is 24.8 Å². The second-order valence-electron chi connectivity index (χ2n) is 4.64. The van der Waals surface area contributed by atoms with Gasteiger partial charge < -0.3 is 10.6 Å². The summed E-state index contributed by atoms with van der Waals surface area (Å²) in [5, 5.41) is 0. The highest BCUT2D eigenvalue weighted by atomic mass is 35.5. The quantitative estimate of drug-likeness (QED) is 0.909. The summed E-state index contributed by atoms with van der Waals surface area (Å²) in [7, 11) is 0. The molecule has 0 saturated carbocycles. The van der Waals surface area contributed by atoms with Gasteiger partial charge in [0, 0.05) is 19.3 Å². The Morgan fingerprint density at radius 2 is 2.05 bits per heavy atom. The Hall–Kier alpha value is -0.840. The smallest absolute Gasteiger partial charge is 0.272 e. The number of amides is 1. The van der Waals surface area contributed by atoms with E-state index in [0.717, 1.165) is 38.0 Å². The van der Waals surface area contributed by atoms with Crippen LogP contribution in [0.3, 0.4) is 0 Å². The van der Waals surface area contributed by atoms with Crippen LogP contribution in [0.25, 0.3) is 0 Å². The van der Waals surface area contributed by atoms with Crippen LogP contribution >= 0.6 is 24.8 Å². The van der Waals surface area contributed by atoms with Crippen LogP contribution in [0.4, 0.5) is 0 Å². The third kappa shape index (κ3) is 4.34. The maximum Gasteiger partial charge on any atom is 0.272 e. The summed E-state index contributed by atoms with van der Waals surface area (Å²) >= 11 is 0. The Kier molecular flexibility index (Phi) is 7.99. The van der Waals surface area contributed by atoms with Crippen LogP contribution < -0.4 is 5.73 Å². The standard InChI is InChI=1S/C13H19N3O.2ClH/c1-10-3-2-6-15-12(10)13(17)16-7-4-11(9-14)5-8-16;;/h2-3,6,11H,4-5,7-9,14H2,1H3;2*1H. The van der Waals surface area contributed by atoms with Gasteiger partial charge >= 0.3 is 0 Å². The number of halogens is 2. The lowest BCUT2D eigenvalue weighted by molar-refractivity contribution is 0.0686. The third-order valence-electron chi connectivity index (χ3n) is 3.45. The van der Waals surface area contributed by atoms with E-state index in [0.29, 0.717) is 11.6 Å². The molecule has 1 fully saturated rings. The van der Waals surface area contributed by atoms with Crippen LogP contribution in [0.1, 0.15) is 28.9 Å². The molecular weight excluding hydrogens is 285 g/mol. The minimum Gasteiger partial charge on any atom is -0.337 e. The van der Waals surface area contributed by atoms with Gasteiger partial charge in [-0.2, -0.15) is 0 Å². The molecule has 1 aromatic heterocycles. The predicted octanol–water partition coefficient (Wildman–Crippen LogP) is 2.04. The number of aryl methyl sites for hydroxylation is 1. The van der Waals surface area contributed by atoms with E-state index in [4.69, 9.17) is 5.73 Å². The molecule has 0 bridgehead atoms. The largest absolute Gasteiger partial charge is 0.337 e. The Bertz CT molecular complexity index is 407. The Balaban J connectivity index is 0.00000162. The highest BCUT2D eigenvalue weighted by molar-refractivity contribution is 5.93. The average molecular weight is 306 g/mol. The Morgan fingerprint density at radius 3 is 2.58 bits per heavy atom. The second kappa shape index (κ2) is 8.35. The first-order valence-electron chi connectivity index (χ1n) is 6.13. The summed E-state index contributed by atoms with van der Waals surface area (Å²) in [6, 6.07) is 3.78. The van der Waals surface area contributed by atoms with Gasteiger partial charge in [-0.3, -0.25) is 9.78 Å².